The monoisotopic (exact) mass is 233 g/mol. The summed E-state index contributed by atoms with van der Waals surface area (Å²) in [6, 6.07) is 8.59. The lowest BCUT2D eigenvalue weighted by Gasteiger charge is -2.42. The fraction of sp³-hybridized carbons (Fsp3) is 0.600. The van der Waals surface area contributed by atoms with Crippen LogP contribution in [0.4, 0.5) is 0 Å². The van der Waals surface area contributed by atoms with Gasteiger partial charge in [-0.1, -0.05) is 18.6 Å². The van der Waals surface area contributed by atoms with Crippen LogP contribution in [0, 0.1) is 5.41 Å². The van der Waals surface area contributed by atoms with E-state index in [1.54, 1.807) is 0 Å². The fourth-order valence-corrected chi connectivity index (χ4v) is 2.77. The lowest BCUT2D eigenvalue weighted by atomic mass is 9.65. The van der Waals surface area contributed by atoms with E-state index in [9.17, 15) is 0 Å². The Bertz CT molecular complexity index is 340. The molecule has 1 aliphatic rings. The van der Waals surface area contributed by atoms with E-state index in [0.29, 0.717) is 5.41 Å². The van der Waals surface area contributed by atoms with Crippen LogP contribution >= 0.6 is 0 Å². The van der Waals surface area contributed by atoms with Crippen LogP contribution < -0.4 is 10.1 Å². The molecule has 94 valence electrons. The van der Waals surface area contributed by atoms with Gasteiger partial charge in [0.2, 0.25) is 0 Å². The highest BCUT2D eigenvalue weighted by molar-refractivity contribution is 5.28. The maximum Gasteiger partial charge on any atom is 0.119 e. The first-order valence-electron chi connectivity index (χ1n) is 6.64. The average molecular weight is 233 g/mol. The number of hydrogen-bond donors (Lipinski definition) is 1. The van der Waals surface area contributed by atoms with Gasteiger partial charge in [-0.2, -0.15) is 0 Å². The number of hydrogen-bond acceptors (Lipinski definition) is 2. The normalized spacial score (nSPS) is 17.5. The van der Waals surface area contributed by atoms with Crippen LogP contribution in [0.15, 0.2) is 24.3 Å². The molecule has 2 nitrogen and oxygen atoms in total. The van der Waals surface area contributed by atoms with Gasteiger partial charge in [-0.25, -0.2) is 0 Å². The smallest absolute Gasteiger partial charge is 0.119 e. The summed E-state index contributed by atoms with van der Waals surface area (Å²) in [6.45, 7) is 3.90. The van der Waals surface area contributed by atoms with E-state index in [1.807, 2.05) is 6.92 Å². The quantitative estimate of drug-likeness (QED) is 0.815. The Balaban J connectivity index is 1.98. The Morgan fingerprint density at radius 2 is 1.94 bits per heavy atom. The van der Waals surface area contributed by atoms with Crippen molar-refractivity contribution in [3.63, 3.8) is 0 Å². The van der Waals surface area contributed by atoms with E-state index in [-0.39, 0.29) is 0 Å². The minimum Gasteiger partial charge on any atom is -0.494 e. The van der Waals surface area contributed by atoms with Crippen LogP contribution in [0.5, 0.6) is 5.75 Å². The topological polar surface area (TPSA) is 21.3 Å². The van der Waals surface area contributed by atoms with Crippen molar-refractivity contribution in [3.05, 3.63) is 29.8 Å². The molecule has 1 saturated carbocycles. The number of benzene rings is 1. The van der Waals surface area contributed by atoms with Gasteiger partial charge in [-0.05, 0) is 56.3 Å². The van der Waals surface area contributed by atoms with Crippen molar-refractivity contribution in [2.75, 3.05) is 20.2 Å². The van der Waals surface area contributed by atoms with Gasteiger partial charge >= 0.3 is 0 Å². The highest BCUT2D eigenvalue weighted by atomic mass is 16.5. The summed E-state index contributed by atoms with van der Waals surface area (Å²) in [6.07, 6.45) is 5.31. The van der Waals surface area contributed by atoms with Gasteiger partial charge in [-0.3, -0.25) is 0 Å². The third-order valence-corrected chi connectivity index (χ3v) is 3.78. The van der Waals surface area contributed by atoms with Gasteiger partial charge in [-0.15, -0.1) is 0 Å². The molecule has 0 heterocycles. The lowest BCUT2D eigenvalue weighted by molar-refractivity contribution is 0.133. The van der Waals surface area contributed by atoms with Crippen LogP contribution in [-0.2, 0) is 6.42 Å². The first-order valence-corrected chi connectivity index (χ1v) is 6.64. The number of rotatable bonds is 6. The van der Waals surface area contributed by atoms with E-state index in [4.69, 9.17) is 4.74 Å². The summed E-state index contributed by atoms with van der Waals surface area (Å²) in [7, 11) is 2.05. The van der Waals surface area contributed by atoms with Crippen molar-refractivity contribution in [3.8, 4) is 5.75 Å². The summed E-state index contributed by atoms with van der Waals surface area (Å²) >= 11 is 0. The van der Waals surface area contributed by atoms with Crippen LogP contribution in [0.3, 0.4) is 0 Å². The van der Waals surface area contributed by atoms with Crippen molar-refractivity contribution in [2.45, 2.75) is 32.6 Å². The number of ether oxygens (including phenoxy) is 1. The fourth-order valence-electron chi connectivity index (χ4n) is 2.77. The van der Waals surface area contributed by atoms with Crippen molar-refractivity contribution in [1.82, 2.24) is 5.32 Å². The molecular weight excluding hydrogens is 210 g/mol. The molecule has 0 radical (unpaired) electrons. The van der Waals surface area contributed by atoms with Gasteiger partial charge in [0, 0.05) is 6.54 Å². The average Bonchev–Trinajstić information content (AvgIpc) is 2.29. The summed E-state index contributed by atoms with van der Waals surface area (Å²) in [5.74, 6) is 0.979. The third-order valence-electron chi connectivity index (χ3n) is 3.78. The SMILES string of the molecule is CCOc1ccc(CC2(CNC)CCC2)cc1. The highest BCUT2D eigenvalue weighted by Crippen LogP contribution is 2.43. The molecule has 0 saturated heterocycles. The molecule has 0 unspecified atom stereocenters. The zero-order valence-corrected chi connectivity index (χ0v) is 11.0. The zero-order valence-electron chi connectivity index (χ0n) is 11.0. The minimum absolute atomic E-state index is 0.516. The molecule has 1 fully saturated rings. The largest absolute Gasteiger partial charge is 0.494 e. The van der Waals surface area contributed by atoms with Crippen molar-refractivity contribution >= 4 is 0 Å². The maximum atomic E-state index is 5.47. The molecule has 0 aliphatic heterocycles. The van der Waals surface area contributed by atoms with Crippen molar-refractivity contribution in [2.24, 2.45) is 5.41 Å². The Morgan fingerprint density at radius 1 is 1.24 bits per heavy atom. The number of nitrogens with one attached hydrogen (secondary N) is 1. The van der Waals surface area contributed by atoms with E-state index < -0.39 is 0 Å². The molecule has 1 aromatic carbocycles. The Labute approximate surface area is 104 Å². The van der Waals surface area contributed by atoms with Gasteiger partial charge < -0.3 is 10.1 Å². The summed E-state index contributed by atoms with van der Waals surface area (Å²) in [4.78, 5) is 0. The molecule has 1 aliphatic carbocycles. The predicted octanol–water partition coefficient (Wildman–Crippen LogP) is 3.02. The van der Waals surface area contributed by atoms with Crippen LogP contribution in [0.25, 0.3) is 0 Å². The van der Waals surface area contributed by atoms with E-state index in [1.165, 1.54) is 31.2 Å². The maximum absolute atomic E-state index is 5.47. The lowest BCUT2D eigenvalue weighted by Crippen LogP contribution is -2.40. The molecule has 0 atom stereocenters. The summed E-state index contributed by atoms with van der Waals surface area (Å²) < 4.78 is 5.47. The highest BCUT2D eigenvalue weighted by Gasteiger charge is 2.36. The Kier molecular flexibility index (Phi) is 4.06. The zero-order chi connectivity index (χ0) is 12.1. The second-order valence-electron chi connectivity index (χ2n) is 5.14. The van der Waals surface area contributed by atoms with E-state index in [0.717, 1.165) is 18.9 Å². The minimum atomic E-state index is 0.516. The third kappa shape index (κ3) is 3.01. The molecule has 0 amide bonds. The molecule has 1 aromatic rings. The summed E-state index contributed by atoms with van der Waals surface area (Å²) in [5.41, 5.74) is 1.95. The van der Waals surface area contributed by atoms with Gasteiger partial charge in [0.25, 0.3) is 0 Å². The molecule has 2 heteroatoms. The van der Waals surface area contributed by atoms with Crippen LogP contribution in [-0.4, -0.2) is 20.2 Å². The molecule has 2 rings (SSSR count). The Hall–Kier alpha value is -1.02. The Morgan fingerprint density at radius 3 is 2.41 bits per heavy atom. The first-order chi connectivity index (χ1) is 8.28. The molecule has 0 spiro atoms. The standard InChI is InChI=1S/C15H23NO/c1-3-17-14-7-5-13(6-8-14)11-15(12-16-2)9-4-10-15/h5-8,16H,3-4,9-12H2,1-2H3. The first kappa shape index (κ1) is 12.4. The second-order valence-corrected chi connectivity index (χ2v) is 5.14. The molecule has 17 heavy (non-hydrogen) atoms. The van der Waals surface area contributed by atoms with Crippen molar-refractivity contribution < 1.29 is 4.74 Å². The van der Waals surface area contributed by atoms with Gasteiger partial charge in [0.05, 0.1) is 6.61 Å². The molecule has 1 N–H and O–H groups in total. The van der Waals surface area contributed by atoms with Gasteiger partial charge in [0.1, 0.15) is 5.75 Å². The molecule has 0 aromatic heterocycles. The molecular formula is C15H23NO. The van der Waals surface area contributed by atoms with Gasteiger partial charge in [0.15, 0.2) is 0 Å². The van der Waals surface area contributed by atoms with Crippen LogP contribution in [0.2, 0.25) is 0 Å². The van der Waals surface area contributed by atoms with E-state index >= 15 is 0 Å². The van der Waals surface area contributed by atoms with Crippen LogP contribution in [0.1, 0.15) is 31.7 Å². The van der Waals surface area contributed by atoms with E-state index in [2.05, 4.69) is 36.6 Å². The van der Waals surface area contributed by atoms with Crippen molar-refractivity contribution in [1.29, 1.82) is 0 Å². The second kappa shape index (κ2) is 5.54. The summed E-state index contributed by atoms with van der Waals surface area (Å²) in [5, 5.41) is 3.34. The predicted molar refractivity (Wildman–Crippen MR) is 71.5 cm³/mol. The molecule has 0 bridgehead atoms.